The number of anilines is 1. The lowest BCUT2D eigenvalue weighted by Gasteiger charge is -2.13. The molecule has 22 heavy (non-hydrogen) atoms. The van der Waals surface area contributed by atoms with Crippen molar-refractivity contribution in [3.8, 4) is 11.5 Å². The first-order valence-corrected chi connectivity index (χ1v) is 6.67. The lowest BCUT2D eigenvalue weighted by molar-refractivity contribution is -0.139. The molecule has 7 nitrogen and oxygen atoms in total. The van der Waals surface area contributed by atoms with Crippen molar-refractivity contribution >= 4 is 17.4 Å². The third kappa shape index (κ3) is 3.13. The molecule has 2 rings (SSSR count). The Labute approximate surface area is 127 Å². The number of nitrogens with one attached hydrogen (secondary N) is 1. The highest BCUT2D eigenvalue weighted by molar-refractivity contribution is 6.19. The van der Waals surface area contributed by atoms with E-state index in [-0.39, 0.29) is 24.7 Å². The number of ketones is 1. The number of ether oxygens (including phenoxy) is 4. The van der Waals surface area contributed by atoms with Gasteiger partial charge in [-0.1, -0.05) is 0 Å². The summed E-state index contributed by atoms with van der Waals surface area (Å²) < 4.78 is 20.5. The van der Waals surface area contributed by atoms with Gasteiger partial charge in [0.25, 0.3) is 0 Å². The number of esters is 1. The van der Waals surface area contributed by atoms with Crippen molar-refractivity contribution in [2.75, 3.05) is 32.8 Å². The Kier molecular flexibility index (Phi) is 4.88. The highest BCUT2D eigenvalue weighted by Crippen LogP contribution is 2.31. The summed E-state index contributed by atoms with van der Waals surface area (Å²) in [5, 5.41) is 2.89. The molecule has 0 aliphatic carbocycles. The zero-order valence-corrected chi connectivity index (χ0v) is 12.6. The first-order valence-electron chi connectivity index (χ1n) is 6.67. The molecule has 0 bridgehead atoms. The lowest BCUT2D eigenvalue weighted by Crippen LogP contribution is -2.16. The number of benzene rings is 1. The van der Waals surface area contributed by atoms with Crippen molar-refractivity contribution in [1.29, 1.82) is 0 Å². The smallest absolute Gasteiger partial charge is 0.347 e. The SMILES string of the molecule is CCOC(=O)C1=C(Nc2ccc(OC)cc2OC)OCC1=O. The Morgan fingerprint density at radius 2 is 2.09 bits per heavy atom. The molecule has 0 fully saturated rings. The summed E-state index contributed by atoms with van der Waals surface area (Å²) in [7, 11) is 3.04. The van der Waals surface area contributed by atoms with Gasteiger partial charge in [-0.15, -0.1) is 0 Å². The van der Waals surface area contributed by atoms with Crippen LogP contribution in [0.2, 0.25) is 0 Å². The van der Waals surface area contributed by atoms with Gasteiger partial charge in [0.05, 0.1) is 26.5 Å². The van der Waals surface area contributed by atoms with Crippen LogP contribution in [0.5, 0.6) is 11.5 Å². The molecular weight excluding hydrogens is 290 g/mol. The predicted octanol–water partition coefficient (Wildman–Crippen LogP) is 1.49. The molecule has 0 aromatic heterocycles. The number of rotatable bonds is 6. The fourth-order valence-electron chi connectivity index (χ4n) is 1.94. The van der Waals surface area contributed by atoms with E-state index in [4.69, 9.17) is 18.9 Å². The normalized spacial score (nSPS) is 13.7. The van der Waals surface area contributed by atoms with E-state index < -0.39 is 11.8 Å². The minimum absolute atomic E-state index is 0.0620. The van der Waals surface area contributed by atoms with Crippen LogP contribution in [0.3, 0.4) is 0 Å². The topological polar surface area (TPSA) is 83.1 Å². The molecule has 7 heteroatoms. The van der Waals surface area contributed by atoms with Crippen molar-refractivity contribution in [1.82, 2.24) is 0 Å². The first-order chi connectivity index (χ1) is 10.6. The molecule has 1 N–H and O–H groups in total. The highest BCUT2D eigenvalue weighted by Gasteiger charge is 2.32. The van der Waals surface area contributed by atoms with E-state index in [1.54, 1.807) is 32.2 Å². The van der Waals surface area contributed by atoms with Crippen LogP contribution in [-0.2, 0) is 19.1 Å². The zero-order valence-electron chi connectivity index (χ0n) is 12.6. The molecule has 0 amide bonds. The molecule has 1 aliphatic heterocycles. The van der Waals surface area contributed by atoms with E-state index in [1.807, 2.05) is 0 Å². The van der Waals surface area contributed by atoms with Gasteiger partial charge in [-0.3, -0.25) is 4.79 Å². The average Bonchev–Trinajstić information content (AvgIpc) is 2.88. The van der Waals surface area contributed by atoms with Gasteiger partial charge in [0.15, 0.2) is 12.2 Å². The second-order valence-electron chi connectivity index (χ2n) is 4.33. The number of carbonyl (C=O) groups excluding carboxylic acids is 2. The molecule has 0 atom stereocenters. The summed E-state index contributed by atoms with van der Waals surface area (Å²) in [6, 6.07) is 5.08. The van der Waals surface area contributed by atoms with Crippen LogP contribution in [0.4, 0.5) is 5.69 Å². The molecule has 0 spiro atoms. The summed E-state index contributed by atoms with van der Waals surface area (Å²) in [6.45, 7) is 1.64. The number of hydrogen-bond acceptors (Lipinski definition) is 7. The third-order valence-corrected chi connectivity index (χ3v) is 2.99. The Balaban J connectivity index is 2.32. The summed E-state index contributed by atoms with van der Waals surface area (Å²) in [4.78, 5) is 23.6. The van der Waals surface area contributed by atoms with Gasteiger partial charge in [0.2, 0.25) is 11.7 Å². The van der Waals surface area contributed by atoms with Gasteiger partial charge in [-0.2, -0.15) is 0 Å². The van der Waals surface area contributed by atoms with E-state index in [2.05, 4.69) is 5.32 Å². The quantitative estimate of drug-likeness (QED) is 0.629. The predicted molar refractivity (Wildman–Crippen MR) is 77.8 cm³/mol. The molecule has 0 saturated carbocycles. The number of Topliss-reactive ketones (excluding diaryl/α,β-unsaturated/α-hetero) is 1. The Hall–Kier alpha value is -2.70. The van der Waals surface area contributed by atoms with E-state index in [0.717, 1.165) is 0 Å². The van der Waals surface area contributed by atoms with Crippen LogP contribution >= 0.6 is 0 Å². The summed E-state index contributed by atoms with van der Waals surface area (Å²) in [5.74, 6) is 0.0312. The van der Waals surface area contributed by atoms with Crippen molar-refractivity contribution in [2.24, 2.45) is 0 Å². The summed E-state index contributed by atoms with van der Waals surface area (Å²) in [5.41, 5.74) is 0.412. The number of methoxy groups -OCH3 is 2. The maximum absolute atomic E-state index is 11.8. The molecule has 1 aliphatic rings. The number of carbonyl (C=O) groups is 2. The lowest BCUT2D eigenvalue weighted by atomic mass is 10.2. The van der Waals surface area contributed by atoms with Crippen LogP contribution in [-0.4, -0.2) is 39.2 Å². The van der Waals surface area contributed by atoms with Crippen molar-refractivity contribution < 1.29 is 28.5 Å². The van der Waals surface area contributed by atoms with Crippen molar-refractivity contribution in [2.45, 2.75) is 6.92 Å². The first kappa shape index (κ1) is 15.7. The van der Waals surface area contributed by atoms with Crippen LogP contribution in [0, 0.1) is 0 Å². The van der Waals surface area contributed by atoms with Gasteiger partial charge in [0.1, 0.15) is 11.5 Å². The van der Waals surface area contributed by atoms with Gasteiger partial charge in [-0.05, 0) is 19.1 Å². The van der Waals surface area contributed by atoms with E-state index in [9.17, 15) is 9.59 Å². The summed E-state index contributed by atoms with van der Waals surface area (Å²) >= 11 is 0. The van der Waals surface area contributed by atoms with Crippen molar-refractivity contribution in [3.05, 3.63) is 29.7 Å². The van der Waals surface area contributed by atoms with E-state index in [1.165, 1.54) is 7.11 Å². The molecular formula is C15H17NO6. The Morgan fingerprint density at radius 3 is 2.73 bits per heavy atom. The zero-order chi connectivity index (χ0) is 16.1. The van der Waals surface area contributed by atoms with E-state index >= 15 is 0 Å². The average molecular weight is 307 g/mol. The fraction of sp³-hybridized carbons (Fsp3) is 0.333. The highest BCUT2D eigenvalue weighted by atomic mass is 16.5. The molecule has 0 radical (unpaired) electrons. The molecule has 118 valence electrons. The minimum Gasteiger partial charge on any atom is -0.497 e. The monoisotopic (exact) mass is 307 g/mol. The van der Waals surface area contributed by atoms with Gasteiger partial charge < -0.3 is 24.3 Å². The van der Waals surface area contributed by atoms with E-state index in [0.29, 0.717) is 17.2 Å². The maximum Gasteiger partial charge on any atom is 0.347 e. The molecule has 1 heterocycles. The van der Waals surface area contributed by atoms with Gasteiger partial charge in [-0.25, -0.2) is 4.79 Å². The van der Waals surface area contributed by atoms with Gasteiger partial charge in [0, 0.05) is 6.07 Å². The molecule has 1 aromatic rings. The third-order valence-electron chi connectivity index (χ3n) is 2.99. The van der Waals surface area contributed by atoms with Crippen molar-refractivity contribution in [3.63, 3.8) is 0 Å². The van der Waals surface area contributed by atoms with Crippen LogP contribution in [0.25, 0.3) is 0 Å². The van der Waals surface area contributed by atoms with Crippen LogP contribution in [0.1, 0.15) is 6.92 Å². The number of hydrogen-bond donors (Lipinski definition) is 1. The summed E-state index contributed by atoms with van der Waals surface area (Å²) in [6.07, 6.45) is 0. The van der Waals surface area contributed by atoms with Gasteiger partial charge >= 0.3 is 5.97 Å². The molecule has 0 saturated heterocycles. The van der Waals surface area contributed by atoms with Crippen LogP contribution < -0.4 is 14.8 Å². The minimum atomic E-state index is -0.708. The van der Waals surface area contributed by atoms with Crippen LogP contribution in [0.15, 0.2) is 29.7 Å². The standard InChI is InChI=1S/C15H17NO6/c1-4-21-15(18)13-11(17)8-22-14(13)16-10-6-5-9(19-2)7-12(10)20-3/h5-7,16H,4,8H2,1-3H3. The fourth-order valence-corrected chi connectivity index (χ4v) is 1.94. The Morgan fingerprint density at radius 1 is 1.32 bits per heavy atom. The largest absolute Gasteiger partial charge is 0.497 e. The maximum atomic E-state index is 11.8. The second-order valence-corrected chi connectivity index (χ2v) is 4.33. The Bertz CT molecular complexity index is 622. The second kappa shape index (κ2) is 6.84. The molecule has 1 aromatic carbocycles. The molecule has 0 unspecified atom stereocenters.